The van der Waals surface area contributed by atoms with Crippen molar-refractivity contribution in [2.24, 2.45) is 0 Å². The highest BCUT2D eigenvalue weighted by Gasteiger charge is 2.00. The fourth-order valence-electron chi connectivity index (χ4n) is 1.36. The Hall–Kier alpha value is -1.77. The summed E-state index contributed by atoms with van der Waals surface area (Å²) in [4.78, 5) is 0. The molecule has 0 amide bonds. The van der Waals surface area contributed by atoms with Crippen molar-refractivity contribution < 1.29 is 0 Å². The van der Waals surface area contributed by atoms with Crippen LogP contribution < -0.4 is 5.73 Å². The topological polar surface area (TPSA) is 43.8 Å². The Labute approximate surface area is 90.2 Å². The molecule has 1 aromatic carbocycles. The van der Waals surface area contributed by atoms with Crippen molar-refractivity contribution in [3.8, 4) is 0 Å². The lowest BCUT2D eigenvalue weighted by atomic mass is 10.2. The van der Waals surface area contributed by atoms with Gasteiger partial charge >= 0.3 is 0 Å². The normalized spacial score (nSPS) is 9.47. The van der Waals surface area contributed by atoms with E-state index in [0.29, 0.717) is 6.54 Å². The monoisotopic (exact) mass is 203 g/mol. The van der Waals surface area contributed by atoms with Gasteiger partial charge in [-0.25, -0.2) is 0 Å². The van der Waals surface area contributed by atoms with Crippen LogP contribution in [0.3, 0.4) is 0 Å². The van der Waals surface area contributed by atoms with Gasteiger partial charge in [-0.15, -0.1) is 6.58 Å². The van der Waals surface area contributed by atoms with Crippen LogP contribution >= 0.6 is 0 Å². The van der Waals surface area contributed by atoms with E-state index in [9.17, 15) is 0 Å². The molecule has 0 aliphatic rings. The smallest absolute Gasteiger partial charge is 0.0706 e. The van der Waals surface area contributed by atoms with E-state index >= 15 is 0 Å². The average Bonchev–Trinajstić information content (AvgIpc) is 2.65. The van der Waals surface area contributed by atoms with Crippen LogP contribution in [0, 0.1) is 0 Å². The predicted molar refractivity (Wildman–Crippen MR) is 65.7 cm³/mol. The molecule has 2 rings (SSSR count). The lowest BCUT2D eigenvalue weighted by Crippen LogP contribution is -1.96. The number of rotatable bonds is 2. The molecule has 3 heteroatoms. The zero-order chi connectivity index (χ0) is 11.3. The molecule has 1 aromatic heterocycles. The zero-order valence-electron chi connectivity index (χ0n) is 9.27. The van der Waals surface area contributed by atoms with Crippen LogP contribution in [-0.2, 0) is 6.54 Å². The third kappa shape index (κ3) is 2.37. The van der Waals surface area contributed by atoms with E-state index in [-0.39, 0.29) is 0 Å². The number of anilines is 1. The number of nitrogens with zero attached hydrogens (tertiary/aromatic N) is 2. The van der Waals surface area contributed by atoms with Crippen LogP contribution in [0.5, 0.6) is 0 Å². The highest BCUT2D eigenvalue weighted by molar-refractivity contribution is 5.81. The number of hydrogen-bond acceptors (Lipinski definition) is 2. The summed E-state index contributed by atoms with van der Waals surface area (Å²) < 4.78 is 1.87. The molecule has 2 N–H and O–H groups in total. The molecular formula is C12H17N3. The van der Waals surface area contributed by atoms with Gasteiger partial charge in [0.05, 0.1) is 18.3 Å². The highest BCUT2D eigenvalue weighted by Crippen LogP contribution is 2.16. The SMILES string of the molecule is C=CCn1ncc2ccc(N)cc21.CC. The predicted octanol–water partition coefficient (Wildman–Crippen LogP) is 2.83. The van der Waals surface area contributed by atoms with Crippen molar-refractivity contribution >= 4 is 16.6 Å². The highest BCUT2D eigenvalue weighted by atomic mass is 15.3. The first kappa shape index (κ1) is 11.3. The molecule has 80 valence electrons. The molecule has 15 heavy (non-hydrogen) atoms. The lowest BCUT2D eigenvalue weighted by Gasteiger charge is -1.99. The summed E-state index contributed by atoms with van der Waals surface area (Å²) >= 11 is 0. The quantitative estimate of drug-likeness (QED) is 0.602. The first-order valence-electron chi connectivity index (χ1n) is 5.13. The van der Waals surface area contributed by atoms with Gasteiger partial charge in [0.2, 0.25) is 0 Å². The first-order chi connectivity index (χ1) is 7.31. The molecule has 1 heterocycles. The Balaban J connectivity index is 0.000000531. The minimum atomic E-state index is 0.715. The number of nitrogens with two attached hydrogens (primary N) is 1. The van der Waals surface area contributed by atoms with Gasteiger partial charge in [0.15, 0.2) is 0 Å². The van der Waals surface area contributed by atoms with Crippen LogP contribution in [0.25, 0.3) is 10.9 Å². The van der Waals surface area contributed by atoms with Gasteiger partial charge in [0.25, 0.3) is 0 Å². The molecule has 0 saturated carbocycles. The van der Waals surface area contributed by atoms with Crippen LogP contribution in [0.1, 0.15) is 13.8 Å². The van der Waals surface area contributed by atoms with Crippen molar-refractivity contribution in [1.29, 1.82) is 0 Å². The maximum Gasteiger partial charge on any atom is 0.0706 e. The second kappa shape index (κ2) is 5.20. The summed E-state index contributed by atoms with van der Waals surface area (Å²) in [5.41, 5.74) is 7.50. The second-order valence-electron chi connectivity index (χ2n) is 2.93. The third-order valence-electron chi connectivity index (χ3n) is 1.97. The molecule has 0 aliphatic carbocycles. The Morgan fingerprint density at radius 1 is 1.47 bits per heavy atom. The summed E-state index contributed by atoms with van der Waals surface area (Å²) in [7, 11) is 0. The summed E-state index contributed by atoms with van der Waals surface area (Å²) in [5.74, 6) is 0. The number of hydrogen-bond donors (Lipinski definition) is 1. The summed E-state index contributed by atoms with van der Waals surface area (Å²) in [6.07, 6.45) is 3.65. The van der Waals surface area contributed by atoms with Gasteiger partial charge in [-0.1, -0.05) is 19.9 Å². The number of aromatic nitrogens is 2. The zero-order valence-corrected chi connectivity index (χ0v) is 9.27. The van der Waals surface area contributed by atoms with E-state index in [1.807, 2.05) is 49.0 Å². The minimum absolute atomic E-state index is 0.715. The fraction of sp³-hybridized carbons (Fsp3) is 0.250. The van der Waals surface area contributed by atoms with Gasteiger partial charge < -0.3 is 5.73 Å². The number of nitrogen functional groups attached to an aromatic ring is 1. The van der Waals surface area contributed by atoms with Gasteiger partial charge in [0.1, 0.15) is 0 Å². The molecule has 0 aliphatic heterocycles. The van der Waals surface area contributed by atoms with Crippen molar-refractivity contribution in [2.75, 3.05) is 5.73 Å². The molecule has 0 bridgehead atoms. The minimum Gasteiger partial charge on any atom is -0.399 e. The molecule has 0 unspecified atom stereocenters. The van der Waals surface area contributed by atoms with Gasteiger partial charge in [-0.3, -0.25) is 4.68 Å². The van der Waals surface area contributed by atoms with Gasteiger partial charge in [-0.05, 0) is 18.2 Å². The number of benzene rings is 1. The van der Waals surface area contributed by atoms with Gasteiger partial charge in [0, 0.05) is 11.1 Å². The van der Waals surface area contributed by atoms with E-state index < -0.39 is 0 Å². The summed E-state index contributed by atoms with van der Waals surface area (Å²) in [6.45, 7) is 8.39. The summed E-state index contributed by atoms with van der Waals surface area (Å²) in [6, 6.07) is 5.77. The Bertz CT molecular complexity index is 443. The van der Waals surface area contributed by atoms with Crippen molar-refractivity contribution in [2.45, 2.75) is 20.4 Å². The lowest BCUT2D eigenvalue weighted by molar-refractivity contribution is 0.729. The Morgan fingerprint density at radius 2 is 2.20 bits per heavy atom. The molecule has 0 spiro atoms. The summed E-state index contributed by atoms with van der Waals surface area (Å²) in [5, 5.41) is 5.32. The van der Waals surface area contributed by atoms with E-state index in [1.54, 1.807) is 0 Å². The van der Waals surface area contributed by atoms with Crippen LogP contribution in [0.4, 0.5) is 5.69 Å². The van der Waals surface area contributed by atoms with E-state index in [2.05, 4.69) is 11.7 Å². The fourth-order valence-corrected chi connectivity index (χ4v) is 1.36. The molecule has 2 aromatic rings. The molecular weight excluding hydrogens is 186 g/mol. The molecule has 0 fully saturated rings. The molecule has 0 saturated heterocycles. The van der Waals surface area contributed by atoms with E-state index in [0.717, 1.165) is 16.6 Å². The maximum absolute atomic E-state index is 5.68. The van der Waals surface area contributed by atoms with E-state index in [4.69, 9.17) is 5.73 Å². The van der Waals surface area contributed by atoms with Crippen molar-refractivity contribution in [3.05, 3.63) is 37.1 Å². The van der Waals surface area contributed by atoms with Crippen molar-refractivity contribution in [3.63, 3.8) is 0 Å². The van der Waals surface area contributed by atoms with Crippen LogP contribution in [0.2, 0.25) is 0 Å². The van der Waals surface area contributed by atoms with Crippen molar-refractivity contribution in [1.82, 2.24) is 9.78 Å². The average molecular weight is 203 g/mol. The van der Waals surface area contributed by atoms with Crippen LogP contribution in [-0.4, -0.2) is 9.78 Å². The third-order valence-corrected chi connectivity index (χ3v) is 1.97. The largest absolute Gasteiger partial charge is 0.399 e. The number of fused-ring (bicyclic) bond motifs is 1. The maximum atomic E-state index is 5.68. The Morgan fingerprint density at radius 3 is 2.87 bits per heavy atom. The second-order valence-corrected chi connectivity index (χ2v) is 2.93. The number of allylic oxidation sites excluding steroid dienone is 1. The molecule has 0 atom stereocenters. The first-order valence-corrected chi connectivity index (χ1v) is 5.13. The Kier molecular flexibility index (Phi) is 3.92. The molecule has 3 nitrogen and oxygen atoms in total. The van der Waals surface area contributed by atoms with E-state index in [1.165, 1.54) is 0 Å². The van der Waals surface area contributed by atoms with Gasteiger partial charge in [-0.2, -0.15) is 5.10 Å². The van der Waals surface area contributed by atoms with Crippen LogP contribution in [0.15, 0.2) is 37.1 Å². The molecule has 0 radical (unpaired) electrons. The standard InChI is InChI=1S/C10H11N3.C2H6/c1-2-5-13-10-6-9(11)4-3-8(10)7-12-13;1-2/h2-4,6-7H,1,5,11H2;1-2H3.